The number of aryl methyl sites for hydroxylation is 1. The van der Waals surface area contributed by atoms with E-state index >= 15 is 0 Å². The number of hydrogen-bond donors (Lipinski definition) is 1. The molecule has 0 aromatic heterocycles. The van der Waals surface area contributed by atoms with Gasteiger partial charge in [0, 0.05) is 30.1 Å². The molecule has 0 bridgehead atoms. The topological polar surface area (TPSA) is 116 Å². The Balaban J connectivity index is 1.54. The van der Waals surface area contributed by atoms with Crippen LogP contribution < -0.4 is 5.32 Å². The van der Waals surface area contributed by atoms with E-state index in [-0.39, 0.29) is 23.9 Å². The van der Waals surface area contributed by atoms with Gasteiger partial charge in [-0.05, 0) is 48.9 Å². The van der Waals surface area contributed by atoms with Crippen LogP contribution in [0, 0.1) is 21.4 Å². The lowest BCUT2D eigenvalue weighted by atomic mass is 10.1. The Morgan fingerprint density at radius 1 is 1.28 bits per heavy atom. The first kappa shape index (κ1) is 23.2. The molecule has 1 fully saturated rings. The number of non-ortho nitro benzene ring substituents is 1. The third kappa shape index (κ3) is 5.83. The molecule has 1 heterocycles. The van der Waals surface area contributed by atoms with Gasteiger partial charge in [0.1, 0.15) is 12.1 Å². The molecule has 0 radical (unpaired) electrons. The molecule has 1 saturated heterocycles. The fourth-order valence-electron chi connectivity index (χ4n) is 3.82. The van der Waals surface area contributed by atoms with Crippen LogP contribution in [-0.2, 0) is 16.0 Å². The molecule has 8 nitrogen and oxygen atoms in total. The molecule has 0 aliphatic carbocycles. The van der Waals surface area contributed by atoms with Crippen LogP contribution in [0.15, 0.2) is 48.5 Å². The first-order chi connectivity index (χ1) is 15.4. The standard InChI is InChI=1S/C23H23ClN4O4/c24-18-6-2-5-17(14-18)20(15-25)26-23(30)21-7-3-13-27(21)22(29)8-1-4-16-9-11-19(12-10-16)28(31)32/h2,5-6,9-12,14,20-21H,1,3-4,7-8,13H2,(H,26,30)/t20?,21-/m0/s1. The summed E-state index contributed by atoms with van der Waals surface area (Å²) in [6, 6.07) is 13.6. The van der Waals surface area contributed by atoms with Gasteiger partial charge in [0.15, 0.2) is 0 Å². The fourth-order valence-corrected chi connectivity index (χ4v) is 4.02. The highest BCUT2D eigenvalue weighted by atomic mass is 35.5. The first-order valence-electron chi connectivity index (χ1n) is 10.4. The Hall–Kier alpha value is -3.44. The zero-order valence-corrected chi connectivity index (χ0v) is 18.1. The van der Waals surface area contributed by atoms with E-state index < -0.39 is 17.0 Å². The largest absolute Gasteiger partial charge is 0.335 e. The van der Waals surface area contributed by atoms with Gasteiger partial charge in [0.05, 0.1) is 11.0 Å². The van der Waals surface area contributed by atoms with Crippen molar-refractivity contribution in [2.45, 2.75) is 44.2 Å². The van der Waals surface area contributed by atoms with Gasteiger partial charge < -0.3 is 10.2 Å². The second-order valence-corrected chi connectivity index (χ2v) is 8.08. The fraction of sp³-hybridized carbons (Fsp3) is 0.348. The van der Waals surface area contributed by atoms with E-state index in [1.807, 2.05) is 0 Å². The molecule has 1 aliphatic rings. The number of nitro benzene ring substituents is 1. The minimum absolute atomic E-state index is 0.0317. The van der Waals surface area contributed by atoms with Crippen LogP contribution in [0.2, 0.25) is 5.02 Å². The van der Waals surface area contributed by atoms with E-state index in [4.69, 9.17) is 11.6 Å². The van der Waals surface area contributed by atoms with Gasteiger partial charge in [0.25, 0.3) is 5.69 Å². The number of carbonyl (C=O) groups is 2. The first-order valence-corrected chi connectivity index (χ1v) is 10.7. The maximum Gasteiger partial charge on any atom is 0.269 e. The number of carbonyl (C=O) groups excluding carboxylic acids is 2. The van der Waals surface area contributed by atoms with Crippen molar-refractivity contribution in [2.75, 3.05) is 6.54 Å². The monoisotopic (exact) mass is 454 g/mol. The Kier molecular flexibility index (Phi) is 7.79. The number of rotatable bonds is 8. The molecule has 166 valence electrons. The lowest BCUT2D eigenvalue weighted by Crippen LogP contribution is -2.46. The summed E-state index contributed by atoms with van der Waals surface area (Å²) in [5, 5.41) is 23.4. The van der Waals surface area contributed by atoms with E-state index in [1.165, 1.54) is 12.1 Å². The predicted molar refractivity (Wildman–Crippen MR) is 119 cm³/mol. The van der Waals surface area contributed by atoms with Gasteiger partial charge in [-0.2, -0.15) is 5.26 Å². The summed E-state index contributed by atoms with van der Waals surface area (Å²) >= 11 is 5.98. The normalized spacial score (nSPS) is 16.2. The lowest BCUT2D eigenvalue weighted by Gasteiger charge is -2.25. The van der Waals surface area contributed by atoms with Crippen LogP contribution in [-0.4, -0.2) is 34.2 Å². The average Bonchev–Trinajstić information content (AvgIpc) is 3.28. The van der Waals surface area contributed by atoms with Crippen LogP contribution >= 0.6 is 11.6 Å². The van der Waals surface area contributed by atoms with Crippen LogP contribution in [0.5, 0.6) is 0 Å². The zero-order valence-electron chi connectivity index (χ0n) is 17.4. The molecule has 1 unspecified atom stereocenters. The van der Waals surface area contributed by atoms with E-state index in [2.05, 4.69) is 11.4 Å². The van der Waals surface area contributed by atoms with Gasteiger partial charge in [-0.1, -0.05) is 35.9 Å². The highest BCUT2D eigenvalue weighted by molar-refractivity contribution is 6.30. The summed E-state index contributed by atoms with van der Waals surface area (Å²) in [6.07, 6.45) is 2.73. The van der Waals surface area contributed by atoms with Crippen molar-refractivity contribution < 1.29 is 14.5 Å². The van der Waals surface area contributed by atoms with Crippen LogP contribution in [0.4, 0.5) is 5.69 Å². The molecule has 9 heteroatoms. The van der Waals surface area contributed by atoms with E-state index in [0.717, 1.165) is 12.0 Å². The molecule has 3 rings (SSSR count). The number of nitro groups is 1. The summed E-state index contributed by atoms with van der Waals surface area (Å²) in [6.45, 7) is 0.503. The molecule has 32 heavy (non-hydrogen) atoms. The number of nitrogens with zero attached hydrogens (tertiary/aromatic N) is 3. The molecule has 1 N–H and O–H groups in total. The number of likely N-dealkylation sites (tertiary alicyclic amines) is 1. The Morgan fingerprint density at radius 3 is 2.69 bits per heavy atom. The number of hydrogen-bond acceptors (Lipinski definition) is 5. The van der Waals surface area contributed by atoms with E-state index in [9.17, 15) is 25.0 Å². The van der Waals surface area contributed by atoms with Crippen LogP contribution in [0.3, 0.4) is 0 Å². The Labute approximate surface area is 190 Å². The highest BCUT2D eigenvalue weighted by Gasteiger charge is 2.34. The van der Waals surface area contributed by atoms with E-state index in [0.29, 0.717) is 36.4 Å². The molecule has 2 aromatic carbocycles. The lowest BCUT2D eigenvalue weighted by molar-refractivity contribution is -0.384. The summed E-state index contributed by atoms with van der Waals surface area (Å²) in [5.74, 6) is -0.460. The maximum atomic E-state index is 12.8. The van der Waals surface area contributed by atoms with Crippen molar-refractivity contribution >= 4 is 29.1 Å². The molecule has 1 aliphatic heterocycles. The van der Waals surface area contributed by atoms with Crippen LogP contribution in [0.25, 0.3) is 0 Å². The summed E-state index contributed by atoms with van der Waals surface area (Å²) < 4.78 is 0. The van der Waals surface area contributed by atoms with Gasteiger partial charge in [0.2, 0.25) is 11.8 Å². The quantitative estimate of drug-likeness (QED) is 0.479. The third-order valence-corrected chi connectivity index (χ3v) is 5.71. The van der Waals surface area contributed by atoms with Crippen molar-refractivity contribution in [3.8, 4) is 6.07 Å². The van der Waals surface area contributed by atoms with Crippen molar-refractivity contribution in [2.24, 2.45) is 0 Å². The van der Waals surface area contributed by atoms with Crippen molar-refractivity contribution in [3.63, 3.8) is 0 Å². The minimum Gasteiger partial charge on any atom is -0.335 e. The van der Waals surface area contributed by atoms with Crippen molar-refractivity contribution in [1.29, 1.82) is 5.26 Å². The molecule has 2 atom stereocenters. The zero-order chi connectivity index (χ0) is 23.1. The summed E-state index contributed by atoms with van der Waals surface area (Å²) in [7, 11) is 0. The van der Waals surface area contributed by atoms with Crippen molar-refractivity contribution in [1.82, 2.24) is 10.2 Å². The highest BCUT2D eigenvalue weighted by Crippen LogP contribution is 2.22. The number of nitriles is 1. The average molecular weight is 455 g/mol. The molecular weight excluding hydrogens is 432 g/mol. The predicted octanol–water partition coefficient (Wildman–Crippen LogP) is 3.94. The van der Waals surface area contributed by atoms with Crippen molar-refractivity contribution in [3.05, 3.63) is 74.8 Å². The molecule has 0 saturated carbocycles. The second-order valence-electron chi connectivity index (χ2n) is 7.65. The molecule has 2 amide bonds. The Bertz CT molecular complexity index is 1040. The number of benzene rings is 2. The second kappa shape index (κ2) is 10.7. The number of amides is 2. The Morgan fingerprint density at radius 2 is 2.03 bits per heavy atom. The third-order valence-electron chi connectivity index (χ3n) is 5.48. The van der Waals surface area contributed by atoms with Gasteiger partial charge in [-0.25, -0.2) is 0 Å². The number of nitrogens with one attached hydrogen (secondary N) is 1. The van der Waals surface area contributed by atoms with Crippen LogP contribution in [0.1, 0.15) is 42.9 Å². The smallest absolute Gasteiger partial charge is 0.269 e. The molecular formula is C23H23ClN4O4. The molecule has 0 spiro atoms. The minimum atomic E-state index is -0.846. The molecule has 2 aromatic rings. The van der Waals surface area contributed by atoms with E-state index in [1.54, 1.807) is 41.3 Å². The number of halogens is 1. The van der Waals surface area contributed by atoms with Gasteiger partial charge in [-0.3, -0.25) is 19.7 Å². The maximum absolute atomic E-state index is 12.8. The summed E-state index contributed by atoms with van der Waals surface area (Å²) in [5.41, 5.74) is 1.54. The summed E-state index contributed by atoms with van der Waals surface area (Å²) in [4.78, 5) is 37.4. The van der Waals surface area contributed by atoms with Gasteiger partial charge >= 0.3 is 0 Å². The van der Waals surface area contributed by atoms with Gasteiger partial charge in [-0.15, -0.1) is 0 Å². The SMILES string of the molecule is N#CC(NC(=O)[C@@H]1CCCN1C(=O)CCCc1ccc([N+](=O)[O-])cc1)c1cccc(Cl)c1.